The molecule has 0 radical (unpaired) electrons. The minimum Gasteiger partial charge on any atom is -0.747 e. The van der Waals surface area contributed by atoms with Crippen LogP contribution in [0.15, 0.2) is 0 Å². The molecular weight excluding hydrogens is 270 g/mol. The van der Waals surface area contributed by atoms with E-state index in [1.807, 2.05) is 0 Å². The van der Waals surface area contributed by atoms with Crippen LogP contribution in [0.2, 0.25) is 0 Å². The van der Waals surface area contributed by atoms with Crippen molar-refractivity contribution in [1.82, 2.24) is 0 Å². The Morgan fingerprint density at radius 2 is 1.06 bits per heavy atom. The molecule has 2 atom stereocenters. The smallest absolute Gasteiger partial charge is 0.747 e. The summed E-state index contributed by atoms with van der Waals surface area (Å²) in [7, 11) is -10.9. The molecule has 0 aromatic rings. The van der Waals surface area contributed by atoms with Crippen molar-refractivity contribution in [3.63, 3.8) is 0 Å². The van der Waals surface area contributed by atoms with Gasteiger partial charge in [-0.2, -0.15) is 0 Å². The molecule has 1 fully saturated rings. The third kappa shape index (κ3) is 4.08. The predicted octanol–water partition coefficient (Wildman–Crippen LogP) is -9.09. The largest absolute Gasteiger partial charge is 1.00 e. The fraction of sp³-hybridized carbons (Fsp3) is 0.500. The Balaban J connectivity index is 0. The van der Waals surface area contributed by atoms with Crippen molar-refractivity contribution in [3.8, 4) is 0 Å². The second-order valence-corrected chi connectivity index (χ2v) is 5.55. The van der Waals surface area contributed by atoms with E-state index in [0.29, 0.717) is 0 Å². The van der Waals surface area contributed by atoms with Gasteiger partial charge in [-0.15, -0.1) is 0 Å². The van der Waals surface area contributed by atoms with E-state index in [2.05, 4.69) is 4.74 Å². The van der Waals surface area contributed by atoms with Crippen LogP contribution in [0.4, 0.5) is 0 Å². The number of esters is 2. The zero-order chi connectivity index (χ0) is 12.0. The topological polar surface area (TPSA) is 158 Å². The number of carbonyl (C=O) groups excluding carboxylic acids is 2. The molecule has 1 saturated heterocycles. The Labute approximate surface area is 120 Å². The summed E-state index contributed by atoms with van der Waals surface area (Å²) in [6.45, 7) is 0. The average molecular weight is 272 g/mol. The molecule has 0 aromatic heterocycles. The molecule has 0 saturated carbocycles. The van der Waals surface area contributed by atoms with Crippen LogP contribution in [0, 0.1) is 0 Å². The third-order valence-corrected chi connectivity index (χ3v) is 3.91. The van der Waals surface area contributed by atoms with Gasteiger partial charge >= 0.3 is 49.7 Å². The molecule has 86 valence electrons. The normalized spacial score (nSPS) is 24.6. The van der Waals surface area contributed by atoms with Crippen LogP contribution in [0.5, 0.6) is 0 Å². The maximum atomic E-state index is 10.7. The van der Waals surface area contributed by atoms with Crippen molar-refractivity contribution in [3.05, 3.63) is 0 Å². The van der Waals surface area contributed by atoms with Crippen molar-refractivity contribution in [2.24, 2.45) is 0 Å². The summed E-state index contributed by atoms with van der Waals surface area (Å²) in [6, 6.07) is 0. The third-order valence-electron chi connectivity index (χ3n) is 1.56. The first-order valence-corrected chi connectivity index (χ1v) is 6.14. The standard InChI is InChI=1S/C4H4O9S2.2Li/c5-3-1(14(7,8)9)2(4(6)13-3)15(10,11)12;;/h1-2H,(H,7,8,9)(H,10,11,12);;/q;2*+1/p-2. The molecule has 2 unspecified atom stereocenters. The molecule has 1 aliphatic rings. The van der Waals surface area contributed by atoms with Gasteiger partial charge in [0.1, 0.15) is 20.2 Å². The van der Waals surface area contributed by atoms with Crippen LogP contribution in [0.1, 0.15) is 0 Å². The number of carbonyl (C=O) groups is 2. The first-order chi connectivity index (χ1) is 6.55. The molecule has 0 bridgehead atoms. The Hall–Kier alpha value is 0.155. The van der Waals surface area contributed by atoms with Crippen molar-refractivity contribution >= 4 is 32.2 Å². The minimum atomic E-state index is -5.44. The van der Waals surface area contributed by atoms with Gasteiger partial charge in [-0.3, -0.25) is 9.59 Å². The number of rotatable bonds is 2. The summed E-state index contributed by atoms with van der Waals surface area (Å²) in [5.74, 6) is -3.70. The fourth-order valence-corrected chi connectivity index (χ4v) is 3.21. The van der Waals surface area contributed by atoms with E-state index in [1.54, 1.807) is 0 Å². The average Bonchev–Trinajstić information content (AvgIpc) is 2.22. The monoisotopic (exact) mass is 272 g/mol. The van der Waals surface area contributed by atoms with Crippen molar-refractivity contribution in [2.75, 3.05) is 0 Å². The summed E-state index contributed by atoms with van der Waals surface area (Å²) in [4.78, 5) is 21.3. The molecule has 0 spiro atoms. The van der Waals surface area contributed by atoms with E-state index in [1.165, 1.54) is 0 Å². The van der Waals surface area contributed by atoms with Crippen molar-refractivity contribution in [2.45, 2.75) is 10.5 Å². The fourth-order valence-electron chi connectivity index (χ4n) is 1.00. The quantitative estimate of drug-likeness (QED) is 0.206. The summed E-state index contributed by atoms with van der Waals surface area (Å²) in [5.41, 5.74) is 0. The van der Waals surface area contributed by atoms with Gasteiger partial charge in [0.25, 0.3) is 0 Å². The van der Waals surface area contributed by atoms with E-state index in [0.717, 1.165) is 0 Å². The van der Waals surface area contributed by atoms with Gasteiger partial charge in [0.2, 0.25) is 0 Å². The molecule has 9 nitrogen and oxygen atoms in total. The van der Waals surface area contributed by atoms with Gasteiger partial charge in [0.15, 0.2) is 10.5 Å². The van der Waals surface area contributed by atoms with Crippen LogP contribution in [-0.2, 0) is 34.6 Å². The van der Waals surface area contributed by atoms with Gasteiger partial charge in [-0.25, -0.2) is 16.8 Å². The van der Waals surface area contributed by atoms with E-state index < -0.39 is 42.7 Å². The van der Waals surface area contributed by atoms with Crippen molar-refractivity contribution < 1.29 is 78.0 Å². The predicted molar refractivity (Wildman–Crippen MR) is 38.1 cm³/mol. The SMILES string of the molecule is O=C1OC(=O)C(S(=O)(=O)[O-])C1S(=O)(=O)[O-].[Li+].[Li+]. The van der Waals surface area contributed by atoms with Crippen LogP contribution < -0.4 is 37.7 Å². The minimum absolute atomic E-state index is 0. The van der Waals surface area contributed by atoms with E-state index in [9.17, 15) is 35.5 Å². The Morgan fingerprint density at radius 3 is 1.24 bits per heavy atom. The molecule has 0 aliphatic carbocycles. The van der Waals surface area contributed by atoms with Gasteiger partial charge < -0.3 is 13.8 Å². The molecule has 0 amide bonds. The van der Waals surface area contributed by atoms with Crippen LogP contribution in [-0.4, -0.2) is 48.4 Å². The number of hydrogen-bond donors (Lipinski definition) is 0. The zero-order valence-electron chi connectivity index (χ0n) is 8.65. The van der Waals surface area contributed by atoms with Crippen LogP contribution >= 0.6 is 0 Å². The maximum Gasteiger partial charge on any atom is 1.00 e. The molecule has 1 heterocycles. The summed E-state index contributed by atoms with van der Waals surface area (Å²) < 4.78 is 66.2. The molecular formula is C4H2Li2O9S2. The number of ether oxygens (including phenoxy) is 1. The van der Waals surface area contributed by atoms with Crippen LogP contribution in [0.3, 0.4) is 0 Å². The number of hydrogen-bond acceptors (Lipinski definition) is 9. The molecule has 1 aliphatic heterocycles. The summed E-state index contributed by atoms with van der Waals surface area (Å²) in [5, 5.41) is -5.63. The second kappa shape index (κ2) is 5.86. The molecule has 0 aromatic carbocycles. The van der Waals surface area contributed by atoms with E-state index in [-0.39, 0.29) is 37.7 Å². The summed E-state index contributed by atoms with van der Waals surface area (Å²) >= 11 is 0. The Morgan fingerprint density at radius 1 is 0.824 bits per heavy atom. The van der Waals surface area contributed by atoms with Crippen molar-refractivity contribution in [1.29, 1.82) is 0 Å². The zero-order valence-corrected chi connectivity index (χ0v) is 10.3. The second-order valence-electron chi connectivity index (χ2n) is 2.57. The van der Waals surface area contributed by atoms with Gasteiger partial charge in [0.05, 0.1) is 0 Å². The Kier molecular flexibility index (Phi) is 6.72. The molecule has 13 heteroatoms. The Bertz CT molecular complexity index is 471. The maximum absolute atomic E-state index is 10.7. The summed E-state index contributed by atoms with van der Waals surface area (Å²) in [6.07, 6.45) is 0. The van der Waals surface area contributed by atoms with E-state index in [4.69, 9.17) is 0 Å². The van der Waals surface area contributed by atoms with Gasteiger partial charge in [-0.05, 0) is 0 Å². The first kappa shape index (κ1) is 19.5. The number of cyclic esters (lactones) is 2. The molecule has 0 N–H and O–H groups in total. The molecule has 17 heavy (non-hydrogen) atoms. The van der Waals surface area contributed by atoms with Crippen LogP contribution in [0.25, 0.3) is 0 Å². The van der Waals surface area contributed by atoms with Gasteiger partial charge in [0, 0.05) is 0 Å². The van der Waals surface area contributed by atoms with Gasteiger partial charge in [-0.1, -0.05) is 0 Å². The molecule has 1 rings (SSSR count). The first-order valence-electron chi connectivity index (χ1n) is 3.20. The van der Waals surface area contributed by atoms with E-state index >= 15 is 0 Å².